The van der Waals surface area contributed by atoms with Gasteiger partial charge in [0.25, 0.3) is 0 Å². The summed E-state index contributed by atoms with van der Waals surface area (Å²) in [6.07, 6.45) is 0.600. The van der Waals surface area contributed by atoms with E-state index in [1.807, 2.05) is 6.07 Å². The van der Waals surface area contributed by atoms with Crippen molar-refractivity contribution in [1.82, 2.24) is 14.3 Å². The van der Waals surface area contributed by atoms with Crippen LogP contribution in [0.5, 0.6) is 0 Å². The number of aromatic nitrogens is 2. The van der Waals surface area contributed by atoms with Crippen LogP contribution in [0, 0.1) is 0 Å². The van der Waals surface area contributed by atoms with E-state index in [2.05, 4.69) is 9.97 Å². The van der Waals surface area contributed by atoms with Gasteiger partial charge in [0.15, 0.2) is 0 Å². The van der Waals surface area contributed by atoms with E-state index >= 15 is 0 Å². The minimum absolute atomic E-state index is 0.208. The molecule has 0 amide bonds. The van der Waals surface area contributed by atoms with E-state index in [0.717, 1.165) is 16.6 Å². The number of halogens is 2. The van der Waals surface area contributed by atoms with E-state index < -0.39 is 10.0 Å². The molecule has 2 aromatic heterocycles. The van der Waals surface area contributed by atoms with Crippen LogP contribution in [0.3, 0.4) is 0 Å². The molecule has 0 atom stereocenters. The van der Waals surface area contributed by atoms with E-state index in [1.54, 1.807) is 24.3 Å². The van der Waals surface area contributed by atoms with Gasteiger partial charge in [-0.2, -0.15) is 4.31 Å². The van der Waals surface area contributed by atoms with Crippen LogP contribution in [0.1, 0.15) is 11.3 Å². The van der Waals surface area contributed by atoms with Crippen LogP contribution < -0.4 is 0 Å². The molecule has 4 rings (SSSR count). The monoisotopic (exact) mass is 381 g/mol. The van der Waals surface area contributed by atoms with Crippen LogP contribution in [0.2, 0.25) is 10.2 Å². The lowest BCUT2D eigenvalue weighted by Crippen LogP contribution is -2.35. The van der Waals surface area contributed by atoms with Gasteiger partial charge in [-0.05, 0) is 35.9 Å². The summed E-state index contributed by atoms with van der Waals surface area (Å²) in [5.74, 6) is 0. The maximum absolute atomic E-state index is 12.9. The smallest absolute Gasteiger partial charge is 0.243 e. The number of pyridine rings is 1. The Labute approximate surface area is 149 Å². The summed E-state index contributed by atoms with van der Waals surface area (Å²) in [4.78, 5) is 7.71. The fourth-order valence-corrected chi connectivity index (χ4v) is 4.88. The van der Waals surface area contributed by atoms with Gasteiger partial charge in [0.05, 0.1) is 4.90 Å². The highest BCUT2D eigenvalue weighted by Crippen LogP contribution is 2.31. The number of benzene rings is 1. The number of rotatable bonds is 2. The number of aromatic amines is 1. The molecule has 0 bridgehead atoms. The molecule has 1 aliphatic heterocycles. The first-order valence-electron chi connectivity index (χ1n) is 7.37. The predicted octanol–water partition coefficient (Wildman–Crippen LogP) is 3.62. The van der Waals surface area contributed by atoms with E-state index in [1.165, 1.54) is 10.4 Å². The summed E-state index contributed by atoms with van der Waals surface area (Å²) in [7, 11) is -3.59. The normalized spacial score (nSPS) is 15.6. The number of hydrogen-bond donors (Lipinski definition) is 1. The van der Waals surface area contributed by atoms with Gasteiger partial charge in [-0.1, -0.05) is 29.3 Å². The third kappa shape index (κ3) is 2.59. The van der Waals surface area contributed by atoms with E-state index in [0.29, 0.717) is 35.3 Å². The third-order valence-electron chi connectivity index (χ3n) is 4.20. The van der Waals surface area contributed by atoms with Crippen LogP contribution >= 0.6 is 23.2 Å². The largest absolute Gasteiger partial charge is 0.343 e. The molecule has 5 nitrogen and oxygen atoms in total. The van der Waals surface area contributed by atoms with Gasteiger partial charge < -0.3 is 4.98 Å². The van der Waals surface area contributed by atoms with Crippen molar-refractivity contribution in [3.05, 3.63) is 57.8 Å². The van der Waals surface area contributed by atoms with Crippen LogP contribution in [-0.2, 0) is 23.0 Å². The molecular weight excluding hydrogens is 369 g/mol. The third-order valence-corrected chi connectivity index (χ3v) is 6.49. The minimum atomic E-state index is -3.59. The second-order valence-electron chi connectivity index (χ2n) is 5.66. The van der Waals surface area contributed by atoms with Crippen molar-refractivity contribution in [1.29, 1.82) is 0 Å². The van der Waals surface area contributed by atoms with Crippen molar-refractivity contribution in [2.24, 2.45) is 0 Å². The Morgan fingerprint density at radius 3 is 2.79 bits per heavy atom. The Bertz CT molecular complexity index is 1050. The van der Waals surface area contributed by atoms with Crippen molar-refractivity contribution in [3.8, 4) is 0 Å². The summed E-state index contributed by atoms with van der Waals surface area (Å²) < 4.78 is 27.2. The molecule has 0 fully saturated rings. The lowest BCUT2D eigenvalue weighted by Gasteiger charge is -2.26. The maximum atomic E-state index is 12.9. The van der Waals surface area contributed by atoms with Gasteiger partial charge >= 0.3 is 0 Å². The van der Waals surface area contributed by atoms with Crippen LogP contribution in [0.15, 0.2) is 41.3 Å². The number of nitrogens with zero attached hydrogens (tertiary/aromatic N) is 2. The minimum Gasteiger partial charge on any atom is -0.343 e. The molecule has 124 valence electrons. The Morgan fingerprint density at radius 2 is 2.00 bits per heavy atom. The molecule has 1 aliphatic rings. The van der Waals surface area contributed by atoms with E-state index in [9.17, 15) is 8.42 Å². The molecule has 0 saturated heterocycles. The summed E-state index contributed by atoms with van der Waals surface area (Å²) in [5, 5.41) is 1.71. The Morgan fingerprint density at radius 1 is 1.17 bits per heavy atom. The molecule has 3 heterocycles. The first-order valence-corrected chi connectivity index (χ1v) is 9.56. The van der Waals surface area contributed by atoms with Crippen molar-refractivity contribution >= 4 is 44.3 Å². The first kappa shape index (κ1) is 15.9. The summed E-state index contributed by atoms with van der Waals surface area (Å²) in [6.45, 7) is 0.704. The molecule has 24 heavy (non-hydrogen) atoms. The van der Waals surface area contributed by atoms with Crippen molar-refractivity contribution in [3.63, 3.8) is 0 Å². The summed E-state index contributed by atoms with van der Waals surface area (Å²) >= 11 is 11.9. The average Bonchev–Trinajstić information content (AvgIpc) is 2.91. The fraction of sp³-hybridized carbons (Fsp3) is 0.188. The van der Waals surface area contributed by atoms with Crippen LogP contribution in [0.25, 0.3) is 11.0 Å². The van der Waals surface area contributed by atoms with E-state index in [4.69, 9.17) is 23.2 Å². The van der Waals surface area contributed by atoms with Crippen LogP contribution in [-0.4, -0.2) is 29.2 Å². The van der Waals surface area contributed by atoms with Crippen molar-refractivity contribution in [2.75, 3.05) is 6.54 Å². The molecule has 3 aromatic rings. The zero-order valence-corrected chi connectivity index (χ0v) is 14.8. The first-order chi connectivity index (χ1) is 11.4. The molecule has 1 N–H and O–H groups in total. The zero-order chi connectivity index (χ0) is 16.9. The number of fused-ring (bicyclic) bond motifs is 3. The molecule has 8 heteroatoms. The molecule has 1 aromatic carbocycles. The second-order valence-corrected chi connectivity index (χ2v) is 8.42. The summed E-state index contributed by atoms with van der Waals surface area (Å²) in [5.41, 5.74) is 2.65. The van der Waals surface area contributed by atoms with Crippen molar-refractivity contribution in [2.45, 2.75) is 17.9 Å². The van der Waals surface area contributed by atoms with Gasteiger partial charge in [0.2, 0.25) is 10.0 Å². The lowest BCUT2D eigenvalue weighted by atomic mass is 10.1. The number of H-pyrrole nitrogens is 1. The fourth-order valence-electron chi connectivity index (χ4n) is 3.02. The number of sulfonamides is 1. The number of nitrogens with one attached hydrogen (secondary N) is 1. The van der Waals surface area contributed by atoms with Gasteiger partial charge in [-0.3, -0.25) is 0 Å². The summed E-state index contributed by atoms with van der Waals surface area (Å²) in [6, 6.07) is 9.92. The number of hydrogen-bond acceptors (Lipinski definition) is 3. The molecule has 0 spiro atoms. The Hall–Kier alpha value is -1.60. The van der Waals surface area contributed by atoms with Crippen LogP contribution in [0.4, 0.5) is 0 Å². The van der Waals surface area contributed by atoms with Gasteiger partial charge in [0.1, 0.15) is 10.8 Å². The molecule has 0 saturated carbocycles. The topological polar surface area (TPSA) is 66.1 Å². The van der Waals surface area contributed by atoms with Gasteiger partial charge in [-0.25, -0.2) is 13.4 Å². The standard InChI is InChI=1S/C16H13Cl2N3O2S/c17-10-2-1-3-11(8-10)24(22,23)21-7-6-14-13(9-21)12-4-5-15(18)20-16(12)19-14/h1-5,8H,6-7,9H2,(H,19,20). The van der Waals surface area contributed by atoms with Crippen molar-refractivity contribution < 1.29 is 8.42 Å². The Balaban J connectivity index is 1.75. The highest BCUT2D eigenvalue weighted by Gasteiger charge is 2.30. The molecule has 0 radical (unpaired) electrons. The second kappa shape index (κ2) is 5.74. The average molecular weight is 382 g/mol. The maximum Gasteiger partial charge on any atom is 0.243 e. The highest BCUT2D eigenvalue weighted by atomic mass is 35.5. The molecule has 0 unspecified atom stereocenters. The predicted molar refractivity (Wildman–Crippen MR) is 93.9 cm³/mol. The quantitative estimate of drug-likeness (QED) is 0.689. The Kier molecular flexibility index (Phi) is 3.80. The molecular formula is C16H13Cl2N3O2S. The van der Waals surface area contributed by atoms with E-state index in [-0.39, 0.29) is 4.90 Å². The van der Waals surface area contributed by atoms with Gasteiger partial charge in [-0.15, -0.1) is 0 Å². The highest BCUT2D eigenvalue weighted by molar-refractivity contribution is 7.89. The molecule has 0 aliphatic carbocycles. The zero-order valence-electron chi connectivity index (χ0n) is 12.5. The SMILES string of the molecule is O=S(=O)(c1cccc(Cl)c1)N1CCc2[nH]c3nc(Cl)ccc3c2C1. The lowest BCUT2D eigenvalue weighted by molar-refractivity contribution is 0.391. The van der Waals surface area contributed by atoms with Gasteiger partial charge in [0, 0.05) is 35.6 Å².